The highest BCUT2D eigenvalue weighted by molar-refractivity contribution is 5.67. The SMILES string of the molecule is COc1ccc([N+](=O)[O-])c(C#CCCNC(=O)OCc2ccccc2)n1. The summed E-state index contributed by atoms with van der Waals surface area (Å²) >= 11 is 0. The highest BCUT2D eigenvalue weighted by atomic mass is 16.6. The van der Waals surface area contributed by atoms with Crippen molar-refractivity contribution in [2.75, 3.05) is 13.7 Å². The van der Waals surface area contributed by atoms with Crippen LogP contribution in [0.4, 0.5) is 10.5 Å². The van der Waals surface area contributed by atoms with E-state index in [1.165, 1.54) is 19.2 Å². The van der Waals surface area contributed by atoms with E-state index in [4.69, 9.17) is 9.47 Å². The van der Waals surface area contributed by atoms with Gasteiger partial charge in [0.05, 0.1) is 12.0 Å². The van der Waals surface area contributed by atoms with Gasteiger partial charge in [-0.05, 0) is 11.5 Å². The Morgan fingerprint density at radius 1 is 1.27 bits per heavy atom. The monoisotopic (exact) mass is 355 g/mol. The molecule has 8 heteroatoms. The number of hydrogen-bond acceptors (Lipinski definition) is 6. The summed E-state index contributed by atoms with van der Waals surface area (Å²) in [6, 6.07) is 12.0. The van der Waals surface area contributed by atoms with Crippen LogP contribution in [0.2, 0.25) is 0 Å². The van der Waals surface area contributed by atoms with Crippen molar-refractivity contribution in [1.29, 1.82) is 0 Å². The number of carbonyl (C=O) groups is 1. The highest BCUT2D eigenvalue weighted by Gasteiger charge is 2.14. The molecule has 1 heterocycles. The van der Waals surface area contributed by atoms with E-state index < -0.39 is 11.0 Å². The standard InChI is InChI=1S/C18H17N3O5/c1-25-17-11-10-16(21(23)24)15(20-17)9-5-6-12-19-18(22)26-13-14-7-3-2-4-8-14/h2-4,7-8,10-11H,6,12-13H2,1H3,(H,19,22). The van der Waals surface area contributed by atoms with Crippen molar-refractivity contribution in [3.63, 3.8) is 0 Å². The Bertz CT molecular complexity index is 828. The first-order valence-electron chi connectivity index (χ1n) is 7.73. The molecular formula is C18H17N3O5. The Labute approximate surface area is 150 Å². The van der Waals surface area contributed by atoms with Gasteiger partial charge in [0.25, 0.3) is 0 Å². The summed E-state index contributed by atoms with van der Waals surface area (Å²) in [4.78, 5) is 25.9. The van der Waals surface area contributed by atoms with Crippen LogP contribution >= 0.6 is 0 Å². The van der Waals surface area contributed by atoms with Crippen molar-refractivity contribution in [2.24, 2.45) is 0 Å². The number of aromatic nitrogens is 1. The van der Waals surface area contributed by atoms with Crippen LogP contribution in [0, 0.1) is 22.0 Å². The molecule has 0 atom stereocenters. The van der Waals surface area contributed by atoms with Gasteiger partial charge in [-0.1, -0.05) is 36.3 Å². The summed E-state index contributed by atoms with van der Waals surface area (Å²) in [5.74, 6) is 5.60. The Kier molecular flexibility index (Phi) is 6.94. The van der Waals surface area contributed by atoms with Gasteiger partial charge < -0.3 is 14.8 Å². The summed E-state index contributed by atoms with van der Waals surface area (Å²) in [7, 11) is 1.41. The second-order valence-corrected chi connectivity index (χ2v) is 5.02. The zero-order valence-corrected chi connectivity index (χ0v) is 14.1. The Balaban J connectivity index is 1.81. The number of benzene rings is 1. The fourth-order valence-electron chi connectivity index (χ4n) is 1.93. The van der Waals surface area contributed by atoms with Crippen molar-refractivity contribution in [3.05, 3.63) is 63.8 Å². The van der Waals surface area contributed by atoms with Gasteiger partial charge >= 0.3 is 11.8 Å². The molecule has 0 unspecified atom stereocenters. The predicted molar refractivity (Wildman–Crippen MR) is 93.6 cm³/mol. The number of methoxy groups -OCH3 is 1. The van der Waals surface area contributed by atoms with Gasteiger partial charge in [-0.3, -0.25) is 10.1 Å². The van der Waals surface area contributed by atoms with E-state index in [1.807, 2.05) is 30.3 Å². The maximum Gasteiger partial charge on any atom is 0.407 e. The molecule has 134 valence electrons. The minimum Gasteiger partial charge on any atom is -0.481 e. The second-order valence-electron chi connectivity index (χ2n) is 5.02. The number of nitro groups is 1. The first-order chi connectivity index (χ1) is 12.6. The van der Waals surface area contributed by atoms with Crippen LogP contribution in [0.1, 0.15) is 17.7 Å². The molecule has 0 saturated carbocycles. The van der Waals surface area contributed by atoms with Crippen LogP contribution in [0.3, 0.4) is 0 Å². The lowest BCUT2D eigenvalue weighted by Gasteiger charge is -2.05. The first-order valence-corrected chi connectivity index (χ1v) is 7.73. The first kappa shape index (κ1) is 18.7. The van der Waals surface area contributed by atoms with Gasteiger partial charge in [0.2, 0.25) is 5.88 Å². The molecule has 0 saturated heterocycles. The van der Waals surface area contributed by atoms with E-state index in [1.54, 1.807) is 0 Å². The van der Waals surface area contributed by atoms with Crippen molar-refractivity contribution in [1.82, 2.24) is 10.3 Å². The fraction of sp³-hybridized carbons (Fsp3) is 0.222. The number of nitrogens with zero attached hydrogens (tertiary/aromatic N) is 2. The molecule has 0 aliphatic rings. The zero-order valence-electron chi connectivity index (χ0n) is 14.1. The van der Waals surface area contributed by atoms with E-state index in [0.717, 1.165) is 5.56 Å². The average Bonchev–Trinajstić information content (AvgIpc) is 2.66. The van der Waals surface area contributed by atoms with Crippen LogP contribution in [-0.4, -0.2) is 29.7 Å². The average molecular weight is 355 g/mol. The second kappa shape index (κ2) is 9.64. The molecule has 1 N–H and O–H groups in total. The van der Waals surface area contributed by atoms with Crippen LogP contribution in [0.25, 0.3) is 0 Å². The van der Waals surface area contributed by atoms with Gasteiger partial charge in [0.15, 0.2) is 5.69 Å². The van der Waals surface area contributed by atoms with Gasteiger partial charge in [-0.25, -0.2) is 4.79 Å². The number of pyridine rings is 1. The maximum atomic E-state index is 11.6. The number of carbonyl (C=O) groups excluding carboxylic acids is 1. The summed E-state index contributed by atoms with van der Waals surface area (Å²) in [5, 5.41) is 13.5. The van der Waals surface area contributed by atoms with Crippen LogP contribution in [0.15, 0.2) is 42.5 Å². The van der Waals surface area contributed by atoms with Gasteiger partial charge in [0.1, 0.15) is 6.61 Å². The minimum atomic E-state index is -0.560. The lowest BCUT2D eigenvalue weighted by atomic mass is 10.2. The Morgan fingerprint density at radius 2 is 2.04 bits per heavy atom. The van der Waals surface area contributed by atoms with Crippen molar-refractivity contribution >= 4 is 11.8 Å². The quantitative estimate of drug-likeness (QED) is 0.370. The third-order valence-electron chi connectivity index (χ3n) is 3.19. The summed E-state index contributed by atoms with van der Waals surface area (Å²) < 4.78 is 9.99. The van der Waals surface area contributed by atoms with E-state index in [-0.39, 0.29) is 36.8 Å². The third-order valence-corrected chi connectivity index (χ3v) is 3.19. The minimum absolute atomic E-state index is 0.0148. The lowest BCUT2D eigenvalue weighted by Crippen LogP contribution is -2.24. The number of rotatable bonds is 6. The smallest absolute Gasteiger partial charge is 0.407 e. The molecule has 1 amide bonds. The van der Waals surface area contributed by atoms with Crippen molar-refractivity contribution < 1.29 is 19.2 Å². The molecule has 2 rings (SSSR count). The van der Waals surface area contributed by atoms with E-state index >= 15 is 0 Å². The molecule has 1 aromatic heterocycles. The highest BCUT2D eigenvalue weighted by Crippen LogP contribution is 2.19. The van der Waals surface area contributed by atoms with E-state index in [9.17, 15) is 14.9 Å². The molecule has 1 aromatic carbocycles. The van der Waals surface area contributed by atoms with Crippen LogP contribution < -0.4 is 10.1 Å². The maximum absolute atomic E-state index is 11.6. The van der Waals surface area contributed by atoms with Crippen molar-refractivity contribution in [3.8, 4) is 17.7 Å². The van der Waals surface area contributed by atoms with Gasteiger partial charge in [-0.15, -0.1) is 0 Å². The van der Waals surface area contributed by atoms with Crippen molar-refractivity contribution in [2.45, 2.75) is 13.0 Å². The van der Waals surface area contributed by atoms with E-state index in [0.29, 0.717) is 0 Å². The van der Waals surface area contributed by atoms with E-state index in [2.05, 4.69) is 22.1 Å². The molecule has 26 heavy (non-hydrogen) atoms. The van der Waals surface area contributed by atoms with Crippen LogP contribution in [0.5, 0.6) is 5.88 Å². The molecule has 0 bridgehead atoms. The third kappa shape index (κ3) is 5.79. The zero-order chi connectivity index (χ0) is 18.8. The Hall–Kier alpha value is -3.60. The number of hydrogen-bond donors (Lipinski definition) is 1. The Morgan fingerprint density at radius 3 is 2.73 bits per heavy atom. The van der Waals surface area contributed by atoms with Gasteiger partial charge in [-0.2, -0.15) is 4.98 Å². The molecular weight excluding hydrogens is 338 g/mol. The number of alkyl carbamates (subject to hydrolysis) is 1. The predicted octanol–water partition coefficient (Wildman–Crippen LogP) is 2.67. The van der Waals surface area contributed by atoms with Gasteiger partial charge in [0, 0.05) is 25.1 Å². The molecule has 0 spiro atoms. The molecule has 2 aromatic rings. The molecule has 0 fully saturated rings. The molecule has 0 aliphatic heterocycles. The topological polar surface area (TPSA) is 104 Å². The number of ether oxygens (including phenoxy) is 2. The summed E-state index contributed by atoms with van der Waals surface area (Å²) in [6.45, 7) is 0.427. The normalized spacial score (nSPS) is 9.58. The van der Waals surface area contributed by atoms with Crippen LogP contribution in [-0.2, 0) is 11.3 Å². The fourth-order valence-corrected chi connectivity index (χ4v) is 1.93. The number of amides is 1. The molecule has 0 aliphatic carbocycles. The molecule has 8 nitrogen and oxygen atoms in total. The summed E-state index contributed by atoms with van der Waals surface area (Å²) in [5.41, 5.74) is 0.702. The lowest BCUT2D eigenvalue weighted by molar-refractivity contribution is -0.385. The number of nitrogens with one attached hydrogen (secondary N) is 1. The largest absolute Gasteiger partial charge is 0.481 e. The molecule has 0 radical (unpaired) electrons. The summed E-state index contributed by atoms with van der Waals surface area (Å²) in [6.07, 6.45) is -0.266.